The Bertz CT molecular complexity index is 1450. The van der Waals surface area contributed by atoms with Gasteiger partial charge in [-0.1, -0.05) is 12.1 Å². The molecule has 5 nitrogen and oxygen atoms in total. The highest BCUT2D eigenvalue weighted by atomic mass is 19.4. The van der Waals surface area contributed by atoms with Crippen molar-refractivity contribution in [3.8, 4) is 22.6 Å². The van der Waals surface area contributed by atoms with Crippen molar-refractivity contribution in [3.63, 3.8) is 0 Å². The van der Waals surface area contributed by atoms with Crippen molar-refractivity contribution in [2.75, 3.05) is 32.9 Å². The molecule has 1 N–H and O–H groups in total. The molecule has 9 heteroatoms. The quantitative estimate of drug-likeness (QED) is 0.222. The Morgan fingerprint density at radius 1 is 1.03 bits per heavy atom. The largest absolute Gasteiger partial charge is 0.508 e. The van der Waals surface area contributed by atoms with Crippen molar-refractivity contribution < 1.29 is 32.2 Å². The first-order valence-electron chi connectivity index (χ1n) is 12.1. The molecule has 1 saturated heterocycles. The Balaban J connectivity index is 1.42. The summed E-state index contributed by atoms with van der Waals surface area (Å²) in [5.41, 5.74) is 1.00. The van der Waals surface area contributed by atoms with Gasteiger partial charge in [-0.05, 0) is 54.1 Å². The molecule has 1 aliphatic rings. The molecule has 0 atom stereocenters. The molecule has 0 unspecified atom stereocenters. The van der Waals surface area contributed by atoms with Crippen molar-refractivity contribution in [1.82, 2.24) is 9.88 Å². The summed E-state index contributed by atoms with van der Waals surface area (Å²) < 4.78 is 57.6. The number of alkyl halides is 4. The third-order valence-electron chi connectivity index (χ3n) is 6.65. The van der Waals surface area contributed by atoms with Crippen LogP contribution in [0, 0.1) is 5.92 Å². The molecule has 4 aromatic rings. The van der Waals surface area contributed by atoms with Gasteiger partial charge in [0.15, 0.2) is 5.78 Å². The van der Waals surface area contributed by atoms with Crippen LogP contribution in [-0.4, -0.2) is 53.7 Å². The summed E-state index contributed by atoms with van der Waals surface area (Å²) in [6.07, 6.45) is -3.05. The van der Waals surface area contributed by atoms with E-state index in [4.69, 9.17) is 4.74 Å². The van der Waals surface area contributed by atoms with Crippen LogP contribution in [0.4, 0.5) is 17.6 Å². The first-order chi connectivity index (χ1) is 18.2. The number of hydrogen-bond acceptors (Lipinski definition) is 5. The maximum absolute atomic E-state index is 13.7. The number of carbonyl (C=O) groups excluding carboxylic acids is 1. The normalized spacial score (nSPS) is 14.4. The number of phenols is 1. The number of halogens is 4. The zero-order valence-electron chi connectivity index (χ0n) is 20.2. The fraction of sp³-hybridized carbons (Fsp3) is 0.241. The van der Waals surface area contributed by atoms with Gasteiger partial charge >= 0.3 is 6.18 Å². The average molecular weight is 525 g/mol. The molecular weight excluding hydrogens is 500 g/mol. The van der Waals surface area contributed by atoms with E-state index in [9.17, 15) is 27.5 Å². The Morgan fingerprint density at radius 3 is 2.39 bits per heavy atom. The van der Waals surface area contributed by atoms with Gasteiger partial charge in [-0.2, -0.15) is 13.2 Å². The number of carbonyl (C=O) groups is 1. The fourth-order valence-corrected chi connectivity index (χ4v) is 4.58. The van der Waals surface area contributed by atoms with Crippen LogP contribution >= 0.6 is 0 Å². The van der Waals surface area contributed by atoms with Gasteiger partial charge in [0.2, 0.25) is 0 Å². The zero-order chi connectivity index (χ0) is 26.9. The van der Waals surface area contributed by atoms with Gasteiger partial charge in [0, 0.05) is 59.9 Å². The molecule has 0 saturated carbocycles. The fourth-order valence-electron chi connectivity index (χ4n) is 4.58. The predicted molar refractivity (Wildman–Crippen MR) is 135 cm³/mol. The highest BCUT2D eigenvalue weighted by molar-refractivity contribution is 6.19. The third-order valence-corrected chi connectivity index (χ3v) is 6.65. The summed E-state index contributed by atoms with van der Waals surface area (Å²) in [5, 5.41) is 10.4. The van der Waals surface area contributed by atoms with Crippen LogP contribution in [0.25, 0.3) is 22.0 Å². The smallest absolute Gasteiger partial charge is 0.416 e. The van der Waals surface area contributed by atoms with Crippen molar-refractivity contribution in [1.29, 1.82) is 0 Å². The highest BCUT2D eigenvalue weighted by Crippen LogP contribution is 2.35. The molecule has 0 bridgehead atoms. The van der Waals surface area contributed by atoms with Crippen molar-refractivity contribution in [3.05, 3.63) is 89.6 Å². The lowest BCUT2D eigenvalue weighted by molar-refractivity contribution is -0.137. The molecule has 1 aromatic heterocycles. The van der Waals surface area contributed by atoms with Crippen LogP contribution < -0.4 is 4.74 Å². The Morgan fingerprint density at radius 2 is 1.74 bits per heavy atom. The number of pyridine rings is 1. The van der Waals surface area contributed by atoms with Crippen LogP contribution in [0.5, 0.6) is 11.5 Å². The molecule has 0 aliphatic carbocycles. The lowest BCUT2D eigenvalue weighted by Crippen LogP contribution is -2.49. The first kappa shape index (κ1) is 25.7. The van der Waals surface area contributed by atoms with Gasteiger partial charge in [-0.3, -0.25) is 19.1 Å². The lowest BCUT2D eigenvalue weighted by atomic mass is 9.91. The van der Waals surface area contributed by atoms with Crippen LogP contribution in [0.1, 0.15) is 21.5 Å². The summed E-state index contributed by atoms with van der Waals surface area (Å²) >= 11 is 0. The minimum atomic E-state index is -4.48. The summed E-state index contributed by atoms with van der Waals surface area (Å²) in [4.78, 5) is 20.2. The van der Waals surface area contributed by atoms with E-state index in [0.29, 0.717) is 46.5 Å². The summed E-state index contributed by atoms with van der Waals surface area (Å²) in [6.45, 7) is 2.27. The van der Waals surface area contributed by atoms with Gasteiger partial charge in [0.25, 0.3) is 0 Å². The number of fused-ring (bicyclic) bond motifs is 1. The van der Waals surface area contributed by atoms with E-state index in [1.807, 2.05) is 0 Å². The number of phenolic OH excluding ortho intramolecular Hbond substituents is 1. The standard InChI is InChI=1S/C29H24F4N2O3/c30-14-18-16-35(17-18)11-12-38-23-8-3-20(4-9-23)28(37)27-24-10-7-22(36)13-26(24)34-15-25(27)19-1-5-21(6-2-19)29(31,32)33/h1-10,13,15,18,36H,11-12,14,16-17H2. The third kappa shape index (κ3) is 5.33. The van der Waals surface area contributed by atoms with Gasteiger partial charge < -0.3 is 9.84 Å². The number of aromatic hydroxyl groups is 1. The van der Waals surface area contributed by atoms with Gasteiger partial charge in [0.05, 0.1) is 17.8 Å². The Kier molecular flexibility index (Phi) is 7.03. The van der Waals surface area contributed by atoms with Gasteiger partial charge in [-0.15, -0.1) is 0 Å². The molecule has 0 radical (unpaired) electrons. The summed E-state index contributed by atoms with van der Waals surface area (Å²) in [7, 11) is 0. The molecule has 1 fully saturated rings. The number of aromatic nitrogens is 1. The van der Waals surface area contributed by atoms with Crippen LogP contribution in [0.2, 0.25) is 0 Å². The van der Waals surface area contributed by atoms with Gasteiger partial charge in [-0.25, -0.2) is 0 Å². The number of ether oxygens (including phenoxy) is 1. The number of likely N-dealkylation sites (tertiary alicyclic amines) is 1. The number of ketones is 1. The van der Waals surface area contributed by atoms with E-state index in [0.717, 1.165) is 25.2 Å². The number of rotatable bonds is 8. The molecule has 38 heavy (non-hydrogen) atoms. The van der Waals surface area contributed by atoms with Crippen molar-refractivity contribution >= 4 is 16.7 Å². The van der Waals surface area contributed by atoms with E-state index in [-0.39, 0.29) is 29.7 Å². The Hall–Kier alpha value is -3.98. The van der Waals surface area contributed by atoms with Crippen LogP contribution in [0.3, 0.4) is 0 Å². The number of benzene rings is 3. The maximum Gasteiger partial charge on any atom is 0.416 e. The first-order valence-corrected chi connectivity index (χ1v) is 12.1. The SMILES string of the molecule is O=C(c1ccc(OCCN2CC(CF)C2)cc1)c1c(-c2ccc(C(F)(F)F)cc2)cnc2cc(O)ccc12. The second-order valence-corrected chi connectivity index (χ2v) is 9.31. The molecule has 0 spiro atoms. The van der Waals surface area contributed by atoms with E-state index in [1.54, 1.807) is 30.3 Å². The van der Waals surface area contributed by atoms with Gasteiger partial charge in [0.1, 0.15) is 18.1 Å². The highest BCUT2D eigenvalue weighted by Gasteiger charge is 2.30. The molecule has 1 aliphatic heterocycles. The summed E-state index contributed by atoms with van der Waals surface area (Å²) in [5.74, 6) is 0.325. The molecule has 0 amide bonds. The van der Waals surface area contributed by atoms with Crippen LogP contribution in [-0.2, 0) is 6.18 Å². The van der Waals surface area contributed by atoms with Crippen molar-refractivity contribution in [2.24, 2.45) is 5.92 Å². The summed E-state index contributed by atoms with van der Waals surface area (Å²) in [6, 6.07) is 15.6. The van der Waals surface area contributed by atoms with E-state index in [1.165, 1.54) is 30.5 Å². The lowest BCUT2D eigenvalue weighted by Gasteiger charge is -2.37. The van der Waals surface area contributed by atoms with Crippen molar-refractivity contribution in [2.45, 2.75) is 6.18 Å². The van der Waals surface area contributed by atoms with E-state index >= 15 is 0 Å². The molecule has 196 valence electrons. The minimum absolute atomic E-state index is 0.0226. The second kappa shape index (κ2) is 10.4. The maximum atomic E-state index is 13.7. The number of hydrogen-bond donors (Lipinski definition) is 1. The molecular formula is C29H24F4N2O3. The molecule has 5 rings (SSSR count). The second-order valence-electron chi connectivity index (χ2n) is 9.31. The molecule has 3 aromatic carbocycles. The van der Waals surface area contributed by atoms with E-state index in [2.05, 4.69) is 9.88 Å². The number of nitrogens with zero attached hydrogens (tertiary/aromatic N) is 2. The minimum Gasteiger partial charge on any atom is -0.508 e. The van der Waals surface area contributed by atoms with E-state index < -0.39 is 11.7 Å². The molecule has 2 heterocycles. The van der Waals surface area contributed by atoms with Crippen LogP contribution in [0.15, 0.2) is 72.9 Å². The topological polar surface area (TPSA) is 62.7 Å². The predicted octanol–water partition coefficient (Wildman–Crippen LogP) is 6.14. The monoisotopic (exact) mass is 524 g/mol. The average Bonchev–Trinajstić information content (AvgIpc) is 2.88. The zero-order valence-corrected chi connectivity index (χ0v) is 20.2. The Labute approximate surface area is 216 Å².